The van der Waals surface area contributed by atoms with Gasteiger partial charge in [0, 0.05) is 15.1 Å². The Hall–Kier alpha value is -0.800. The van der Waals surface area contributed by atoms with Crippen molar-refractivity contribution < 1.29 is 4.39 Å². The molecular weight excluding hydrogens is 335 g/mol. The molecule has 0 aliphatic rings. The lowest BCUT2D eigenvalue weighted by atomic mass is 9.87. The largest absolute Gasteiger partial charge is 0.207 e. The van der Waals surface area contributed by atoms with Gasteiger partial charge in [0.25, 0.3) is 0 Å². The molecule has 0 unspecified atom stereocenters. The summed E-state index contributed by atoms with van der Waals surface area (Å²) in [5, 5.41) is 0. The molecule has 2 aromatic carbocycles. The Labute approximate surface area is 132 Å². The molecule has 106 valence electrons. The lowest BCUT2D eigenvalue weighted by Gasteiger charge is -2.19. The van der Waals surface area contributed by atoms with Crippen LogP contribution in [0.3, 0.4) is 0 Å². The van der Waals surface area contributed by atoms with Crippen LogP contribution in [-0.4, -0.2) is 0 Å². The van der Waals surface area contributed by atoms with Gasteiger partial charge in [-0.15, -0.1) is 11.8 Å². The molecule has 0 atom stereocenters. The normalized spacial score (nSPS) is 11.7. The zero-order chi connectivity index (χ0) is 14.8. The highest BCUT2D eigenvalue weighted by molar-refractivity contribution is 9.10. The van der Waals surface area contributed by atoms with Crippen molar-refractivity contribution in [3.63, 3.8) is 0 Å². The highest BCUT2D eigenvalue weighted by Gasteiger charge is 2.12. The molecule has 0 saturated heterocycles. The number of thioether (sulfide) groups is 1. The van der Waals surface area contributed by atoms with E-state index in [1.54, 1.807) is 17.8 Å². The third kappa shape index (κ3) is 4.35. The van der Waals surface area contributed by atoms with E-state index in [0.717, 1.165) is 15.8 Å². The van der Waals surface area contributed by atoms with Gasteiger partial charge in [0.15, 0.2) is 0 Å². The van der Waals surface area contributed by atoms with Gasteiger partial charge >= 0.3 is 0 Å². The van der Waals surface area contributed by atoms with Gasteiger partial charge in [-0.2, -0.15) is 0 Å². The second-order valence-corrected chi connectivity index (χ2v) is 7.81. The van der Waals surface area contributed by atoms with E-state index >= 15 is 0 Å². The first kappa shape index (κ1) is 15.6. The monoisotopic (exact) mass is 352 g/mol. The summed E-state index contributed by atoms with van der Waals surface area (Å²) in [6.07, 6.45) is 0. The van der Waals surface area contributed by atoms with Crippen molar-refractivity contribution in [2.24, 2.45) is 0 Å². The summed E-state index contributed by atoms with van der Waals surface area (Å²) < 4.78 is 14.1. The third-order valence-electron chi connectivity index (χ3n) is 3.05. The lowest BCUT2D eigenvalue weighted by molar-refractivity contribution is 0.590. The van der Waals surface area contributed by atoms with Crippen LogP contribution in [0.5, 0.6) is 0 Å². The van der Waals surface area contributed by atoms with E-state index in [2.05, 4.69) is 61.0 Å². The smallest absolute Gasteiger partial charge is 0.124 e. The molecule has 0 heterocycles. The highest BCUT2D eigenvalue weighted by Crippen LogP contribution is 2.28. The van der Waals surface area contributed by atoms with Gasteiger partial charge in [-0.1, -0.05) is 48.8 Å². The van der Waals surface area contributed by atoms with E-state index in [9.17, 15) is 4.39 Å². The van der Waals surface area contributed by atoms with Crippen molar-refractivity contribution in [3.8, 4) is 0 Å². The Morgan fingerprint density at radius 2 is 1.70 bits per heavy atom. The van der Waals surface area contributed by atoms with Gasteiger partial charge in [-0.3, -0.25) is 0 Å². The summed E-state index contributed by atoms with van der Waals surface area (Å²) in [7, 11) is 0. The highest BCUT2D eigenvalue weighted by atomic mass is 79.9. The third-order valence-corrected chi connectivity index (χ3v) is 4.59. The molecule has 0 N–H and O–H groups in total. The molecule has 0 aliphatic carbocycles. The van der Waals surface area contributed by atoms with Crippen molar-refractivity contribution >= 4 is 27.7 Å². The zero-order valence-electron chi connectivity index (χ0n) is 11.9. The fourth-order valence-electron chi connectivity index (χ4n) is 1.91. The SMILES string of the molecule is CC(C)(C)c1ccc(SCc2cc(F)cc(Br)c2)cc1. The molecule has 0 aromatic heterocycles. The maximum Gasteiger partial charge on any atom is 0.124 e. The van der Waals surface area contributed by atoms with Crippen LogP contribution in [-0.2, 0) is 11.2 Å². The first-order chi connectivity index (χ1) is 9.34. The second-order valence-electron chi connectivity index (χ2n) is 5.84. The molecule has 0 bridgehead atoms. The van der Waals surface area contributed by atoms with Crippen LogP contribution < -0.4 is 0 Å². The minimum Gasteiger partial charge on any atom is -0.207 e. The van der Waals surface area contributed by atoms with Crippen LogP contribution in [0.15, 0.2) is 51.8 Å². The Kier molecular flexibility index (Phi) is 4.92. The molecule has 20 heavy (non-hydrogen) atoms. The Balaban J connectivity index is 2.04. The predicted molar refractivity (Wildman–Crippen MR) is 88.8 cm³/mol. The summed E-state index contributed by atoms with van der Waals surface area (Å²) in [4.78, 5) is 1.21. The fourth-order valence-corrected chi connectivity index (χ4v) is 3.25. The first-order valence-electron chi connectivity index (χ1n) is 6.53. The van der Waals surface area contributed by atoms with Gasteiger partial charge in [-0.05, 0) is 46.9 Å². The number of hydrogen-bond donors (Lipinski definition) is 0. The van der Waals surface area contributed by atoms with Crippen molar-refractivity contribution in [1.29, 1.82) is 0 Å². The maximum atomic E-state index is 13.3. The summed E-state index contributed by atoms with van der Waals surface area (Å²) in [6, 6.07) is 13.6. The van der Waals surface area contributed by atoms with Gasteiger partial charge in [0.2, 0.25) is 0 Å². The quantitative estimate of drug-likeness (QED) is 0.594. The Bertz CT molecular complexity index is 565. The van der Waals surface area contributed by atoms with E-state index in [1.165, 1.54) is 16.5 Å². The minimum absolute atomic E-state index is 0.177. The van der Waals surface area contributed by atoms with Crippen LogP contribution in [0.1, 0.15) is 31.9 Å². The van der Waals surface area contributed by atoms with Gasteiger partial charge < -0.3 is 0 Å². The molecule has 0 aliphatic heterocycles. The van der Waals surface area contributed by atoms with E-state index in [1.807, 2.05) is 6.07 Å². The number of hydrogen-bond acceptors (Lipinski definition) is 1. The number of benzene rings is 2. The fraction of sp³-hybridized carbons (Fsp3) is 0.294. The first-order valence-corrected chi connectivity index (χ1v) is 8.31. The molecule has 3 heteroatoms. The van der Waals surface area contributed by atoms with Gasteiger partial charge in [0.1, 0.15) is 5.82 Å². The summed E-state index contributed by atoms with van der Waals surface area (Å²) >= 11 is 5.04. The molecule has 0 amide bonds. The minimum atomic E-state index is -0.196. The zero-order valence-corrected chi connectivity index (χ0v) is 14.3. The lowest BCUT2D eigenvalue weighted by Crippen LogP contribution is -2.10. The summed E-state index contributed by atoms with van der Waals surface area (Å²) in [5.41, 5.74) is 2.49. The molecule has 0 nitrogen and oxygen atoms in total. The average Bonchev–Trinajstić information content (AvgIpc) is 2.35. The summed E-state index contributed by atoms with van der Waals surface area (Å²) in [6.45, 7) is 6.62. The van der Waals surface area contributed by atoms with Crippen LogP contribution >= 0.6 is 27.7 Å². The van der Waals surface area contributed by atoms with E-state index < -0.39 is 0 Å². The van der Waals surface area contributed by atoms with Crippen LogP contribution in [0.4, 0.5) is 4.39 Å². The molecule has 2 rings (SSSR count). The van der Waals surface area contributed by atoms with Gasteiger partial charge in [-0.25, -0.2) is 4.39 Å². The van der Waals surface area contributed by atoms with Crippen LogP contribution in [0.25, 0.3) is 0 Å². The van der Waals surface area contributed by atoms with E-state index in [-0.39, 0.29) is 11.2 Å². The molecular formula is C17H18BrFS. The van der Waals surface area contributed by atoms with Gasteiger partial charge in [0.05, 0.1) is 0 Å². The maximum absolute atomic E-state index is 13.3. The van der Waals surface area contributed by atoms with Crippen molar-refractivity contribution in [2.45, 2.75) is 36.8 Å². The molecule has 0 spiro atoms. The predicted octanol–water partition coefficient (Wildman–Crippen LogP) is 6.18. The summed E-state index contributed by atoms with van der Waals surface area (Å²) in [5.74, 6) is 0.573. The Morgan fingerprint density at radius 1 is 1.05 bits per heavy atom. The molecule has 0 radical (unpaired) electrons. The molecule has 0 fully saturated rings. The number of halogens is 2. The average molecular weight is 353 g/mol. The topological polar surface area (TPSA) is 0 Å². The van der Waals surface area contributed by atoms with E-state index in [0.29, 0.717) is 0 Å². The molecule has 0 saturated carbocycles. The molecule has 2 aromatic rings. The van der Waals surface area contributed by atoms with Crippen molar-refractivity contribution in [1.82, 2.24) is 0 Å². The van der Waals surface area contributed by atoms with Crippen molar-refractivity contribution in [3.05, 3.63) is 63.9 Å². The van der Waals surface area contributed by atoms with Crippen molar-refractivity contribution in [2.75, 3.05) is 0 Å². The van der Waals surface area contributed by atoms with Crippen LogP contribution in [0.2, 0.25) is 0 Å². The second kappa shape index (κ2) is 6.31. The Morgan fingerprint density at radius 3 is 2.25 bits per heavy atom. The number of rotatable bonds is 3. The standard InChI is InChI=1S/C17H18BrFS/c1-17(2,3)13-4-6-16(7-5-13)20-11-12-8-14(18)10-15(19)9-12/h4-10H,11H2,1-3H3. The van der Waals surface area contributed by atoms with E-state index in [4.69, 9.17) is 0 Å². The van der Waals surface area contributed by atoms with Crippen LogP contribution in [0, 0.1) is 5.82 Å².